The smallest absolute Gasteiger partial charge is 0.410 e. The van der Waals surface area contributed by atoms with Crippen LogP contribution in [0.1, 0.15) is 38.8 Å². The van der Waals surface area contributed by atoms with Crippen molar-refractivity contribution in [2.75, 3.05) is 13.1 Å². The lowest BCUT2D eigenvalue weighted by atomic mass is 9.88. The third-order valence-electron chi connectivity index (χ3n) is 4.36. The fraction of sp³-hybridized carbons (Fsp3) is 0.474. The highest BCUT2D eigenvalue weighted by molar-refractivity contribution is 5.81. The van der Waals surface area contributed by atoms with E-state index in [0.29, 0.717) is 13.1 Å². The largest absolute Gasteiger partial charge is 0.444 e. The number of carbonyl (C=O) groups excluding carboxylic acids is 1. The molecule has 0 N–H and O–H groups in total. The summed E-state index contributed by atoms with van der Waals surface area (Å²) in [6, 6.07) is 10.1. The molecule has 6 nitrogen and oxygen atoms in total. The maximum atomic E-state index is 12.3. The number of likely N-dealkylation sites (tertiary alicyclic amines) is 1. The van der Waals surface area contributed by atoms with Gasteiger partial charge < -0.3 is 9.64 Å². The minimum absolute atomic E-state index is 0.0378. The Morgan fingerprint density at radius 3 is 2.84 bits per heavy atom. The molecule has 2 heterocycles. The molecule has 130 valence electrons. The number of benzene rings is 1. The van der Waals surface area contributed by atoms with Gasteiger partial charge in [-0.1, -0.05) is 18.2 Å². The van der Waals surface area contributed by atoms with E-state index in [4.69, 9.17) is 4.74 Å². The maximum absolute atomic E-state index is 12.3. The number of aromatic nitrogens is 2. The minimum atomic E-state index is -0.521. The van der Waals surface area contributed by atoms with E-state index in [1.807, 2.05) is 45.0 Å². The average molecular weight is 338 g/mol. The predicted molar refractivity (Wildman–Crippen MR) is 93.8 cm³/mol. The van der Waals surface area contributed by atoms with E-state index in [1.165, 1.54) is 6.33 Å². The quantitative estimate of drug-likeness (QED) is 0.837. The van der Waals surface area contributed by atoms with Crippen LogP contribution in [-0.4, -0.2) is 39.7 Å². The summed E-state index contributed by atoms with van der Waals surface area (Å²) in [6.45, 7) is 6.66. The van der Waals surface area contributed by atoms with Crippen molar-refractivity contribution < 1.29 is 9.53 Å². The Labute approximate surface area is 147 Å². The number of nitrogens with zero attached hydrogens (tertiary/aromatic N) is 4. The number of nitriles is 1. The zero-order valence-corrected chi connectivity index (χ0v) is 14.8. The predicted octanol–water partition coefficient (Wildman–Crippen LogP) is 3.49. The van der Waals surface area contributed by atoms with Crippen molar-refractivity contribution in [3.8, 4) is 6.07 Å². The van der Waals surface area contributed by atoms with Gasteiger partial charge in [0.25, 0.3) is 0 Å². The molecule has 6 heteroatoms. The lowest BCUT2D eigenvalue weighted by Gasteiger charge is -2.25. The number of para-hydroxylation sites is 1. The molecule has 0 saturated carbocycles. The second-order valence-corrected chi connectivity index (χ2v) is 7.36. The Morgan fingerprint density at radius 2 is 2.12 bits per heavy atom. The van der Waals surface area contributed by atoms with Crippen LogP contribution in [-0.2, 0) is 4.74 Å². The van der Waals surface area contributed by atoms with Gasteiger partial charge in [-0.2, -0.15) is 5.26 Å². The first-order chi connectivity index (χ1) is 11.9. The van der Waals surface area contributed by atoms with Crippen LogP contribution in [0.15, 0.2) is 30.6 Å². The van der Waals surface area contributed by atoms with Gasteiger partial charge in [-0.25, -0.2) is 14.8 Å². The van der Waals surface area contributed by atoms with Gasteiger partial charge in [-0.15, -0.1) is 0 Å². The second-order valence-electron chi connectivity index (χ2n) is 7.36. The molecular formula is C19H22N4O2. The van der Waals surface area contributed by atoms with Crippen LogP contribution in [0.25, 0.3) is 10.9 Å². The number of fused-ring (bicyclic) bond motifs is 1. The van der Waals surface area contributed by atoms with Crippen molar-refractivity contribution in [2.24, 2.45) is 5.92 Å². The summed E-state index contributed by atoms with van der Waals surface area (Å²) >= 11 is 0. The van der Waals surface area contributed by atoms with Crippen molar-refractivity contribution in [1.82, 2.24) is 14.9 Å². The molecule has 1 amide bonds. The van der Waals surface area contributed by atoms with Gasteiger partial charge in [0, 0.05) is 18.5 Å². The number of hydrogen-bond donors (Lipinski definition) is 0. The molecular weight excluding hydrogens is 316 g/mol. The summed E-state index contributed by atoms with van der Waals surface area (Å²) in [5.74, 6) is -0.337. The number of rotatable bonds is 2. The molecule has 2 aromatic rings. The first-order valence-electron chi connectivity index (χ1n) is 8.46. The summed E-state index contributed by atoms with van der Waals surface area (Å²) in [7, 11) is 0. The number of amides is 1. The highest BCUT2D eigenvalue weighted by Crippen LogP contribution is 2.34. The number of hydrogen-bond acceptors (Lipinski definition) is 5. The Kier molecular flexibility index (Phi) is 4.58. The lowest BCUT2D eigenvalue weighted by molar-refractivity contribution is 0.0287. The van der Waals surface area contributed by atoms with Crippen LogP contribution in [0.5, 0.6) is 0 Å². The van der Waals surface area contributed by atoms with Crippen molar-refractivity contribution in [3.05, 3.63) is 36.3 Å². The van der Waals surface area contributed by atoms with E-state index in [-0.39, 0.29) is 17.9 Å². The molecule has 2 atom stereocenters. The Hall–Kier alpha value is -2.68. The minimum Gasteiger partial charge on any atom is -0.444 e. The normalized spacial score (nSPS) is 18.8. The van der Waals surface area contributed by atoms with Crippen molar-refractivity contribution >= 4 is 17.0 Å². The highest BCUT2D eigenvalue weighted by atomic mass is 16.6. The maximum Gasteiger partial charge on any atom is 0.410 e. The van der Waals surface area contributed by atoms with Crippen molar-refractivity contribution in [3.63, 3.8) is 0 Å². The molecule has 1 aliphatic heterocycles. The van der Waals surface area contributed by atoms with Gasteiger partial charge in [0.05, 0.1) is 23.2 Å². The Bertz CT molecular complexity index is 817. The molecule has 0 spiro atoms. The van der Waals surface area contributed by atoms with Crippen LogP contribution in [0.2, 0.25) is 0 Å². The molecule has 0 radical (unpaired) electrons. The van der Waals surface area contributed by atoms with Crippen LogP contribution >= 0.6 is 0 Å². The summed E-state index contributed by atoms with van der Waals surface area (Å²) < 4.78 is 5.44. The molecule has 1 aliphatic rings. The summed E-state index contributed by atoms with van der Waals surface area (Å²) in [6.07, 6.45) is 1.94. The second kappa shape index (κ2) is 6.67. The summed E-state index contributed by atoms with van der Waals surface area (Å²) in [5.41, 5.74) is 1.05. The standard InChI is InChI=1S/C19H22N4O2/c1-19(2,3)25-18(24)23-9-8-13(11-23)15(10-20)17-14-6-4-5-7-16(14)21-12-22-17/h4-7,12-13,15H,8-9,11H2,1-3H3. The summed E-state index contributed by atoms with van der Waals surface area (Å²) in [4.78, 5) is 22.6. The van der Waals surface area contributed by atoms with E-state index in [9.17, 15) is 10.1 Å². The van der Waals surface area contributed by atoms with Crippen LogP contribution in [0, 0.1) is 17.2 Å². The van der Waals surface area contributed by atoms with Crippen LogP contribution in [0.4, 0.5) is 4.79 Å². The van der Waals surface area contributed by atoms with Gasteiger partial charge in [0.1, 0.15) is 11.9 Å². The molecule has 0 aliphatic carbocycles. The van der Waals surface area contributed by atoms with E-state index < -0.39 is 5.60 Å². The molecule has 1 aromatic carbocycles. The monoisotopic (exact) mass is 338 g/mol. The van der Waals surface area contributed by atoms with Crippen LogP contribution < -0.4 is 0 Å². The third-order valence-corrected chi connectivity index (χ3v) is 4.36. The van der Waals surface area contributed by atoms with Crippen LogP contribution in [0.3, 0.4) is 0 Å². The molecule has 3 rings (SSSR count). The van der Waals surface area contributed by atoms with Gasteiger partial charge in [-0.3, -0.25) is 0 Å². The van der Waals surface area contributed by atoms with E-state index in [1.54, 1.807) is 4.90 Å². The fourth-order valence-corrected chi connectivity index (χ4v) is 3.21. The molecule has 1 aromatic heterocycles. The Morgan fingerprint density at radius 1 is 1.36 bits per heavy atom. The van der Waals surface area contributed by atoms with Crippen molar-refractivity contribution in [1.29, 1.82) is 5.26 Å². The molecule has 1 fully saturated rings. The Balaban J connectivity index is 1.81. The van der Waals surface area contributed by atoms with E-state index >= 15 is 0 Å². The topological polar surface area (TPSA) is 79.1 Å². The summed E-state index contributed by atoms with van der Waals surface area (Å²) in [5, 5.41) is 10.7. The average Bonchev–Trinajstić information content (AvgIpc) is 3.04. The van der Waals surface area contributed by atoms with E-state index in [0.717, 1.165) is 23.0 Å². The lowest BCUT2D eigenvalue weighted by Crippen LogP contribution is -2.35. The van der Waals surface area contributed by atoms with Gasteiger partial charge in [0.15, 0.2) is 0 Å². The zero-order valence-electron chi connectivity index (χ0n) is 14.8. The van der Waals surface area contributed by atoms with Gasteiger partial charge in [-0.05, 0) is 39.2 Å². The highest BCUT2D eigenvalue weighted by Gasteiger charge is 2.36. The number of carbonyl (C=O) groups is 1. The van der Waals surface area contributed by atoms with Gasteiger partial charge in [0.2, 0.25) is 0 Å². The van der Waals surface area contributed by atoms with Gasteiger partial charge >= 0.3 is 6.09 Å². The first-order valence-corrected chi connectivity index (χ1v) is 8.46. The molecule has 25 heavy (non-hydrogen) atoms. The molecule has 0 bridgehead atoms. The third kappa shape index (κ3) is 3.71. The van der Waals surface area contributed by atoms with E-state index in [2.05, 4.69) is 16.0 Å². The van der Waals surface area contributed by atoms with Crippen molar-refractivity contribution in [2.45, 2.75) is 38.7 Å². The molecule has 2 unspecified atom stereocenters. The molecule has 1 saturated heterocycles. The zero-order chi connectivity index (χ0) is 18.0. The number of ether oxygens (including phenoxy) is 1. The fourth-order valence-electron chi connectivity index (χ4n) is 3.21. The SMILES string of the molecule is CC(C)(C)OC(=O)N1CCC(C(C#N)c2ncnc3ccccc23)C1. The first kappa shape index (κ1) is 17.2.